The Kier molecular flexibility index (Phi) is 19.9. The summed E-state index contributed by atoms with van der Waals surface area (Å²) in [5.41, 5.74) is 15.6. The Hall–Kier alpha value is -5.98. The number of nitrogens with one attached hydrogen (secondary N) is 6. The molecule has 0 bridgehead atoms. The molecule has 2 heterocycles. The van der Waals surface area contributed by atoms with Gasteiger partial charge in [0.1, 0.15) is 30.2 Å². The molecule has 0 aromatic heterocycles. The number of azide groups is 1. The molecule has 63 heavy (non-hydrogen) atoms. The Morgan fingerprint density at radius 1 is 0.825 bits per heavy atom. The number of thioether (sulfide) groups is 1. The normalized spacial score (nSPS) is 18.2. The molecule has 2 aliphatic heterocycles. The average molecular weight is 890 g/mol. The van der Waals surface area contributed by atoms with Crippen LogP contribution < -0.4 is 37.6 Å². The van der Waals surface area contributed by atoms with Crippen LogP contribution in [0.25, 0.3) is 10.4 Å². The minimum absolute atomic E-state index is 0.000723. The maximum absolute atomic E-state index is 14.3. The third-order valence-electron chi connectivity index (χ3n) is 10.8. The van der Waals surface area contributed by atoms with Gasteiger partial charge >= 0.3 is 0 Å². The monoisotopic (exact) mass is 889 g/mol. The minimum Gasteiger partial charge on any atom is -0.370 e. The molecule has 340 valence electrons. The fourth-order valence-electron chi connectivity index (χ4n) is 7.51. The fourth-order valence-corrected chi connectivity index (χ4v) is 7.99. The van der Waals surface area contributed by atoms with Crippen molar-refractivity contribution in [2.45, 2.75) is 114 Å². The number of hydrogen-bond acceptors (Lipinski definition) is 10. The number of nitrogens with two attached hydrogens (primary N) is 1. The van der Waals surface area contributed by atoms with E-state index < -0.39 is 89.6 Å². The Labute approximate surface area is 371 Å². The predicted octanol–water partition coefficient (Wildman–Crippen LogP) is 1.15. The predicted molar refractivity (Wildman–Crippen MR) is 236 cm³/mol. The zero-order valence-corrected chi connectivity index (χ0v) is 36.7. The first-order chi connectivity index (χ1) is 30.2. The van der Waals surface area contributed by atoms with E-state index in [0.29, 0.717) is 29.8 Å². The van der Waals surface area contributed by atoms with E-state index >= 15 is 0 Å². The third-order valence-corrected chi connectivity index (χ3v) is 11.5. The lowest BCUT2D eigenvalue weighted by Crippen LogP contribution is -2.59. The highest BCUT2D eigenvalue weighted by Gasteiger charge is 2.42. The van der Waals surface area contributed by atoms with Crippen LogP contribution in [0.2, 0.25) is 0 Å². The summed E-state index contributed by atoms with van der Waals surface area (Å²) < 4.78 is 0. The van der Waals surface area contributed by atoms with Crippen molar-refractivity contribution in [3.05, 3.63) is 82.2 Å². The highest BCUT2D eigenvalue weighted by Crippen LogP contribution is 2.21. The van der Waals surface area contributed by atoms with Gasteiger partial charge in [0.15, 0.2) is 0 Å². The molecule has 7 atom stereocenters. The van der Waals surface area contributed by atoms with Crippen LogP contribution in [-0.2, 0) is 51.2 Å². The first-order valence-electron chi connectivity index (χ1n) is 21.2. The zero-order valence-electron chi connectivity index (χ0n) is 35.9. The molecule has 19 nitrogen and oxygen atoms in total. The molecule has 2 aromatic rings. The SMILES string of the molecule is CSCC[C@H](NC(=O)[C@H](CC(C)C)N1CC[C@@H](NC(=O)[C@H](Cc2ccccc2)NC(=O)[C@H](Cc2ccccc2)NC(=O)[C@H](CCC(N)=O)NC(=O)[C@H]2CCCN2)C1=O)C(=O)N=[N+]=[N-]. The molecule has 0 unspecified atom stereocenters. The van der Waals surface area contributed by atoms with Crippen molar-refractivity contribution < 1.29 is 38.4 Å². The lowest BCUT2D eigenvalue weighted by Gasteiger charge is -2.30. The molecule has 8 amide bonds. The maximum Gasteiger partial charge on any atom is 0.245 e. The van der Waals surface area contributed by atoms with Gasteiger partial charge in [-0.1, -0.05) is 74.5 Å². The van der Waals surface area contributed by atoms with E-state index in [-0.39, 0.29) is 57.4 Å². The fraction of sp³-hybridized carbons (Fsp3) is 0.535. The number of carbonyl (C=O) groups excluding carboxylic acids is 8. The number of amides is 8. The van der Waals surface area contributed by atoms with Crippen molar-refractivity contribution in [3.63, 3.8) is 0 Å². The molecular weight excluding hydrogens is 831 g/mol. The summed E-state index contributed by atoms with van der Waals surface area (Å²) in [7, 11) is 0. The highest BCUT2D eigenvalue weighted by atomic mass is 32.2. The van der Waals surface area contributed by atoms with Crippen molar-refractivity contribution in [3.8, 4) is 0 Å². The van der Waals surface area contributed by atoms with Crippen LogP contribution in [0, 0.1) is 5.92 Å². The maximum atomic E-state index is 14.3. The van der Waals surface area contributed by atoms with Gasteiger partial charge in [0.05, 0.1) is 12.1 Å². The van der Waals surface area contributed by atoms with E-state index in [0.717, 1.165) is 6.42 Å². The van der Waals surface area contributed by atoms with E-state index in [4.69, 9.17) is 11.3 Å². The van der Waals surface area contributed by atoms with Crippen molar-refractivity contribution in [1.29, 1.82) is 0 Å². The summed E-state index contributed by atoms with van der Waals surface area (Å²) in [4.78, 5) is 112. The smallest absolute Gasteiger partial charge is 0.245 e. The summed E-state index contributed by atoms with van der Waals surface area (Å²) in [6.07, 6.45) is 3.47. The van der Waals surface area contributed by atoms with Crippen molar-refractivity contribution in [1.82, 2.24) is 36.8 Å². The van der Waals surface area contributed by atoms with Crippen molar-refractivity contribution in [2.75, 3.05) is 25.1 Å². The van der Waals surface area contributed by atoms with E-state index in [1.54, 1.807) is 60.7 Å². The average Bonchev–Trinajstić information content (AvgIpc) is 3.93. The largest absolute Gasteiger partial charge is 0.370 e. The first kappa shape index (κ1) is 49.7. The molecular formula is C43H59N11O8S. The molecule has 2 aliphatic rings. The lowest BCUT2D eigenvalue weighted by atomic mass is 10.0. The van der Waals surface area contributed by atoms with E-state index in [2.05, 4.69) is 41.9 Å². The van der Waals surface area contributed by atoms with Crippen LogP contribution in [0.15, 0.2) is 65.8 Å². The van der Waals surface area contributed by atoms with Gasteiger partial charge in [-0.25, -0.2) is 0 Å². The van der Waals surface area contributed by atoms with E-state index in [9.17, 15) is 38.4 Å². The third kappa shape index (κ3) is 15.7. The summed E-state index contributed by atoms with van der Waals surface area (Å²) in [5.74, 6) is -4.74. The molecule has 2 aromatic carbocycles. The van der Waals surface area contributed by atoms with Gasteiger partial charge in [-0.05, 0) is 84.8 Å². The number of primary amides is 1. The Bertz CT molecular complexity index is 1960. The van der Waals surface area contributed by atoms with Crippen LogP contribution in [0.3, 0.4) is 0 Å². The molecule has 20 heteroatoms. The number of nitrogens with zero attached hydrogens (tertiary/aromatic N) is 4. The number of likely N-dealkylation sites (tertiary alicyclic amines) is 1. The second kappa shape index (κ2) is 25.2. The Morgan fingerprint density at radius 2 is 1.41 bits per heavy atom. The number of carbonyl (C=O) groups is 8. The first-order valence-corrected chi connectivity index (χ1v) is 22.6. The second-order valence-electron chi connectivity index (χ2n) is 16.1. The molecule has 2 fully saturated rings. The van der Waals surface area contributed by atoms with Gasteiger partial charge in [-0.2, -0.15) is 11.8 Å². The van der Waals surface area contributed by atoms with Gasteiger partial charge in [-0.15, -0.1) is 0 Å². The Morgan fingerprint density at radius 3 is 1.95 bits per heavy atom. The number of hydrogen-bond donors (Lipinski definition) is 7. The van der Waals surface area contributed by atoms with E-state index in [1.807, 2.05) is 20.1 Å². The molecule has 0 aliphatic carbocycles. The minimum atomic E-state index is -1.26. The molecule has 4 rings (SSSR count). The summed E-state index contributed by atoms with van der Waals surface area (Å²) in [6.45, 7) is 4.51. The van der Waals surface area contributed by atoms with Gasteiger partial charge in [0.25, 0.3) is 0 Å². The molecule has 0 radical (unpaired) electrons. The number of rotatable bonds is 24. The zero-order chi connectivity index (χ0) is 45.9. The molecule has 0 saturated carbocycles. The standard InChI is InChI=1S/C43H59N11O8S/c1-26(2)23-35(42(61)48-31(19-22-63-3)41(60)52-53-45)54-21-18-32(43(54)62)49-39(58)33(24-27-11-6-4-7-12-27)51-40(59)34(25-28-13-8-5-9-14-28)50-38(57)30(16-17-36(44)55)47-37(56)29-15-10-20-46-29/h4-9,11-14,26,29-35,46H,10,15-25H2,1-3H3,(H2,44,55)(H,47,56)(H,48,61)(H,49,58)(H,50,57)(H,51,59)/t29-,30+,31+,32-,33+,34+,35+/m1/s1. The molecule has 2 saturated heterocycles. The quantitative estimate of drug-likeness (QED) is 0.0449. The van der Waals surface area contributed by atoms with Gasteiger partial charge in [0.2, 0.25) is 47.3 Å². The number of benzene rings is 2. The van der Waals surface area contributed by atoms with Crippen molar-refractivity contribution in [2.24, 2.45) is 16.8 Å². The van der Waals surface area contributed by atoms with Crippen LogP contribution in [0.4, 0.5) is 0 Å². The van der Waals surface area contributed by atoms with Gasteiger partial charge in [-0.3, -0.25) is 38.4 Å². The Balaban J connectivity index is 1.56. The summed E-state index contributed by atoms with van der Waals surface area (Å²) >= 11 is 1.45. The van der Waals surface area contributed by atoms with Crippen LogP contribution in [0.1, 0.15) is 69.9 Å². The molecule has 0 spiro atoms. The van der Waals surface area contributed by atoms with Crippen molar-refractivity contribution >= 4 is 59.0 Å². The lowest BCUT2D eigenvalue weighted by molar-refractivity contribution is -0.141. The molecule has 8 N–H and O–H groups in total. The summed E-state index contributed by atoms with van der Waals surface area (Å²) in [5, 5.41) is 19.9. The van der Waals surface area contributed by atoms with E-state index in [1.165, 1.54) is 16.7 Å². The van der Waals surface area contributed by atoms with Crippen LogP contribution in [-0.4, -0.2) is 120 Å². The topological polar surface area (TPSA) is 287 Å². The van der Waals surface area contributed by atoms with Gasteiger partial charge in [0, 0.05) is 30.7 Å². The summed E-state index contributed by atoms with van der Waals surface area (Å²) in [6, 6.07) is 10.4. The van der Waals surface area contributed by atoms with Gasteiger partial charge < -0.3 is 42.5 Å². The van der Waals surface area contributed by atoms with Crippen LogP contribution in [0.5, 0.6) is 0 Å². The van der Waals surface area contributed by atoms with Crippen LogP contribution >= 0.6 is 11.8 Å². The highest BCUT2D eigenvalue weighted by molar-refractivity contribution is 7.98. The second-order valence-corrected chi connectivity index (χ2v) is 17.1.